The standard InChI is InChI=1S/C25H20FN3O3/c1-30-19-8-9-21-22(13-19)29-25(28-21)18(14-27)11-16-7-10-23(24(12-16)31-2)32-15-17-5-3-4-6-20(17)26/h3-13H,15H2,1-2H3,(H,28,29)/b18-11-. The Kier molecular flexibility index (Phi) is 6.04. The molecule has 1 N–H and O–H groups in total. The molecule has 6 nitrogen and oxygen atoms in total. The molecule has 0 bridgehead atoms. The first-order valence-electron chi connectivity index (χ1n) is 9.81. The summed E-state index contributed by atoms with van der Waals surface area (Å²) < 4.78 is 30.2. The van der Waals surface area contributed by atoms with Gasteiger partial charge in [-0.2, -0.15) is 5.26 Å². The van der Waals surface area contributed by atoms with Gasteiger partial charge in [0.25, 0.3) is 0 Å². The Labute approximate surface area is 184 Å². The van der Waals surface area contributed by atoms with Crippen LogP contribution in [0.1, 0.15) is 17.0 Å². The number of ether oxygens (including phenoxy) is 3. The van der Waals surface area contributed by atoms with Gasteiger partial charge < -0.3 is 19.2 Å². The first-order chi connectivity index (χ1) is 15.6. The van der Waals surface area contributed by atoms with Crippen LogP contribution in [-0.4, -0.2) is 24.2 Å². The van der Waals surface area contributed by atoms with E-state index in [1.54, 1.807) is 49.6 Å². The number of fused-ring (bicyclic) bond motifs is 1. The van der Waals surface area contributed by atoms with Crippen LogP contribution in [0.5, 0.6) is 17.2 Å². The summed E-state index contributed by atoms with van der Waals surface area (Å²) in [6, 6.07) is 19.4. The molecule has 0 aliphatic carbocycles. The third-order valence-corrected chi connectivity index (χ3v) is 4.90. The number of H-pyrrole nitrogens is 1. The molecule has 32 heavy (non-hydrogen) atoms. The Hall–Kier alpha value is -4.31. The summed E-state index contributed by atoms with van der Waals surface area (Å²) in [6.45, 7) is 0.0735. The van der Waals surface area contributed by atoms with Crippen LogP contribution < -0.4 is 14.2 Å². The molecule has 0 spiro atoms. The number of benzene rings is 3. The molecule has 3 aromatic carbocycles. The van der Waals surface area contributed by atoms with E-state index in [0.717, 1.165) is 16.6 Å². The number of hydrogen-bond donors (Lipinski definition) is 1. The number of nitrogens with one attached hydrogen (secondary N) is 1. The van der Waals surface area contributed by atoms with Crippen molar-refractivity contribution in [3.63, 3.8) is 0 Å². The summed E-state index contributed by atoms with van der Waals surface area (Å²) in [4.78, 5) is 7.65. The van der Waals surface area contributed by atoms with Crippen molar-refractivity contribution in [3.8, 4) is 23.3 Å². The molecule has 0 atom stereocenters. The number of allylic oxidation sites excluding steroid dienone is 1. The van der Waals surface area contributed by atoms with Gasteiger partial charge >= 0.3 is 0 Å². The largest absolute Gasteiger partial charge is 0.497 e. The van der Waals surface area contributed by atoms with Gasteiger partial charge in [0.1, 0.15) is 30.1 Å². The van der Waals surface area contributed by atoms with E-state index < -0.39 is 0 Å². The van der Waals surface area contributed by atoms with Gasteiger partial charge in [-0.1, -0.05) is 24.3 Å². The first kappa shape index (κ1) is 20.9. The quantitative estimate of drug-likeness (QED) is 0.400. The van der Waals surface area contributed by atoms with Crippen molar-refractivity contribution in [1.29, 1.82) is 5.26 Å². The molecular formula is C25H20FN3O3. The molecule has 7 heteroatoms. The number of aromatic nitrogens is 2. The van der Waals surface area contributed by atoms with Crippen LogP contribution in [-0.2, 0) is 6.61 Å². The highest BCUT2D eigenvalue weighted by Gasteiger charge is 2.11. The van der Waals surface area contributed by atoms with Gasteiger partial charge in [-0.15, -0.1) is 0 Å². The van der Waals surface area contributed by atoms with Gasteiger partial charge in [0.15, 0.2) is 11.5 Å². The summed E-state index contributed by atoms with van der Waals surface area (Å²) in [6.07, 6.45) is 1.71. The fourth-order valence-corrected chi connectivity index (χ4v) is 3.23. The van der Waals surface area contributed by atoms with Gasteiger partial charge in [-0.25, -0.2) is 9.37 Å². The maximum absolute atomic E-state index is 13.8. The SMILES string of the molecule is COc1ccc2nc(/C(C#N)=C\c3ccc(OCc4ccccc4F)c(OC)c3)[nH]c2c1. The number of imidazole rings is 1. The summed E-state index contributed by atoms with van der Waals surface area (Å²) >= 11 is 0. The highest BCUT2D eigenvalue weighted by molar-refractivity contribution is 5.90. The Morgan fingerprint density at radius 3 is 2.66 bits per heavy atom. The number of hydrogen-bond acceptors (Lipinski definition) is 5. The van der Waals surface area contributed by atoms with E-state index in [4.69, 9.17) is 14.2 Å². The lowest BCUT2D eigenvalue weighted by Crippen LogP contribution is -2.00. The molecule has 0 aliphatic heterocycles. The van der Waals surface area contributed by atoms with Crippen LogP contribution in [0.4, 0.5) is 4.39 Å². The maximum atomic E-state index is 13.8. The van der Waals surface area contributed by atoms with Gasteiger partial charge in [0.2, 0.25) is 0 Å². The van der Waals surface area contributed by atoms with Crippen LogP contribution in [0.2, 0.25) is 0 Å². The average molecular weight is 429 g/mol. The van der Waals surface area contributed by atoms with Crippen molar-refractivity contribution < 1.29 is 18.6 Å². The zero-order valence-electron chi connectivity index (χ0n) is 17.6. The minimum atomic E-state index is -0.326. The van der Waals surface area contributed by atoms with Crippen LogP contribution in [0.15, 0.2) is 60.7 Å². The number of rotatable bonds is 7. The number of nitriles is 1. The Bertz CT molecular complexity index is 1340. The molecule has 1 heterocycles. The summed E-state index contributed by atoms with van der Waals surface area (Å²) in [5.74, 6) is 1.78. The van der Waals surface area contributed by atoms with Crippen LogP contribution in [0, 0.1) is 17.1 Å². The number of aromatic amines is 1. The molecular weight excluding hydrogens is 409 g/mol. The molecule has 0 amide bonds. The molecule has 4 rings (SSSR count). The minimum absolute atomic E-state index is 0.0735. The highest BCUT2D eigenvalue weighted by atomic mass is 19.1. The number of halogens is 1. The second kappa shape index (κ2) is 9.23. The molecule has 0 saturated heterocycles. The molecule has 160 valence electrons. The molecule has 0 saturated carbocycles. The lowest BCUT2D eigenvalue weighted by molar-refractivity contribution is 0.279. The monoisotopic (exact) mass is 429 g/mol. The topological polar surface area (TPSA) is 80.2 Å². The molecule has 0 fully saturated rings. The zero-order valence-corrected chi connectivity index (χ0v) is 17.6. The van der Waals surface area contributed by atoms with Crippen LogP contribution >= 0.6 is 0 Å². The van der Waals surface area contributed by atoms with Gasteiger partial charge in [-0.05, 0) is 42.0 Å². The smallest absolute Gasteiger partial charge is 0.161 e. The van der Waals surface area contributed by atoms with Crippen molar-refractivity contribution in [2.24, 2.45) is 0 Å². The fourth-order valence-electron chi connectivity index (χ4n) is 3.23. The highest BCUT2D eigenvalue weighted by Crippen LogP contribution is 2.31. The van der Waals surface area contributed by atoms with Crippen molar-refractivity contribution >= 4 is 22.7 Å². The van der Waals surface area contributed by atoms with Gasteiger partial charge in [-0.3, -0.25) is 0 Å². The van der Waals surface area contributed by atoms with E-state index in [-0.39, 0.29) is 12.4 Å². The van der Waals surface area contributed by atoms with Gasteiger partial charge in [0.05, 0.1) is 30.8 Å². The zero-order chi connectivity index (χ0) is 22.5. The molecule has 1 aromatic heterocycles. The van der Waals surface area contributed by atoms with Crippen molar-refractivity contribution in [2.75, 3.05) is 14.2 Å². The Morgan fingerprint density at radius 2 is 1.91 bits per heavy atom. The number of methoxy groups -OCH3 is 2. The van der Waals surface area contributed by atoms with E-state index >= 15 is 0 Å². The Morgan fingerprint density at radius 1 is 1.06 bits per heavy atom. The van der Waals surface area contributed by atoms with Crippen molar-refractivity contribution in [3.05, 3.63) is 83.4 Å². The Balaban J connectivity index is 1.59. The number of nitrogens with zero attached hydrogens (tertiary/aromatic N) is 2. The van der Waals surface area contributed by atoms with Crippen LogP contribution in [0.25, 0.3) is 22.7 Å². The molecule has 0 unspecified atom stereocenters. The lowest BCUT2D eigenvalue weighted by atomic mass is 10.1. The van der Waals surface area contributed by atoms with E-state index in [1.165, 1.54) is 13.2 Å². The normalized spacial score (nSPS) is 11.2. The third kappa shape index (κ3) is 4.40. The maximum Gasteiger partial charge on any atom is 0.161 e. The molecule has 0 radical (unpaired) electrons. The second-order valence-electron chi connectivity index (χ2n) is 6.93. The summed E-state index contributed by atoms with van der Waals surface area (Å²) in [5, 5.41) is 9.69. The summed E-state index contributed by atoms with van der Waals surface area (Å²) in [5.41, 5.74) is 3.05. The second-order valence-corrected chi connectivity index (χ2v) is 6.93. The predicted molar refractivity (Wildman–Crippen MR) is 120 cm³/mol. The minimum Gasteiger partial charge on any atom is -0.497 e. The van der Waals surface area contributed by atoms with Gasteiger partial charge in [0, 0.05) is 11.6 Å². The fraction of sp³-hybridized carbons (Fsp3) is 0.120. The first-order valence-corrected chi connectivity index (χ1v) is 9.81. The van der Waals surface area contributed by atoms with E-state index in [2.05, 4.69) is 16.0 Å². The van der Waals surface area contributed by atoms with Crippen molar-refractivity contribution in [1.82, 2.24) is 9.97 Å². The van der Waals surface area contributed by atoms with E-state index in [0.29, 0.717) is 34.2 Å². The molecule has 4 aromatic rings. The predicted octanol–water partition coefficient (Wildman–Crippen LogP) is 5.36. The van der Waals surface area contributed by atoms with E-state index in [9.17, 15) is 9.65 Å². The lowest BCUT2D eigenvalue weighted by Gasteiger charge is -2.12. The summed E-state index contributed by atoms with van der Waals surface area (Å²) in [7, 11) is 3.12. The van der Waals surface area contributed by atoms with Crippen molar-refractivity contribution in [2.45, 2.75) is 6.61 Å². The van der Waals surface area contributed by atoms with E-state index in [1.807, 2.05) is 18.2 Å². The molecule has 0 aliphatic rings. The third-order valence-electron chi connectivity index (χ3n) is 4.90. The van der Waals surface area contributed by atoms with Crippen LogP contribution in [0.3, 0.4) is 0 Å². The average Bonchev–Trinajstić information content (AvgIpc) is 3.25.